The third-order valence-electron chi connectivity index (χ3n) is 6.18. The van der Waals surface area contributed by atoms with Gasteiger partial charge in [-0.25, -0.2) is 4.98 Å². The van der Waals surface area contributed by atoms with Crippen LogP contribution in [0.25, 0.3) is 0 Å². The fourth-order valence-corrected chi connectivity index (χ4v) is 5.15. The van der Waals surface area contributed by atoms with Crippen molar-refractivity contribution in [2.75, 3.05) is 13.2 Å². The summed E-state index contributed by atoms with van der Waals surface area (Å²) in [5.41, 5.74) is 2.25. The van der Waals surface area contributed by atoms with Crippen molar-refractivity contribution in [1.29, 1.82) is 0 Å². The van der Waals surface area contributed by atoms with Crippen LogP contribution in [0.5, 0.6) is 0 Å². The number of carbonyl (C=O) groups is 2. The van der Waals surface area contributed by atoms with Gasteiger partial charge in [-0.2, -0.15) is 0 Å². The molecule has 0 aliphatic carbocycles. The predicted octanol–water partition coefficient (Wildman–Crippen LogP) is 3.16. The molecule has 2 aromatic rings. The van der Waals surface area contributed by atoms with Crippen molar-refractivity contribution in [3.8, 4) is 0 Å². The third kappa shape index (κ3) is 4.20. The van der Waals surface area contributed by atoms with Crippen LogP contribution in [-0.4, -0.2) is 47.0 Å². The van der Waals surface area contributed by atoms with Gasteiger partial charge >= 0.3 is 5.97 Å². The number of ether oxygens (including phenoxy) is 1. The zero-order valence-electron chi connectivity index (χ0n) is 17.0. The van der Waals surface area contributed by atoms with E-state index in [4.69, 9.17) is 16.3 Å². The average molecular weight is 428 g/mol. The first-order valence-electron chi connectivity index (χ1n) is 10.4. The van der Waals surface area contributed by atoms with Crippen LogP contribution < -0.4 is 5.32 Å². The van der Waals surface area contributed by atoms with Gasteiger partial charge in [0.2, 0.25) is 5.91 Å². The standard InChI is InChI=1S/C23H26ClN3O3/c1-2-30-20(28)13-26-23(29)22-18-10-9-17(21(22)16-8-11-19(24)25-12-16)27(18)14-15-6-4-3-5-7-15/h3-8,11-12,17-18,21-22H,2,9-10,13-14H2,1H3,(H,26,29)/t17-,18+,21-,22-/m1/s1. The fourth-order valence-electron chi connectivity index (χ4n) is 5.04. The van der Waals surface area contributed by atoms with E-state index < -0.39 is 5.97 Å². The molecule has 2 aliphatic heterocycles. The van der Waals surface area contributed by atoms with E-state index in [0.717, 1.165) is 24.9 Å². The lowest BCUT2D eigenvalue weighted by atomic mass is 9.75. The van der Waals surface area contributed by atoms with Crippen LogP contribution in [0.3, 0.4) is 0 Å². The average Bonchev–Trinajstić information content (AvgIpc) is 3.28. The van der Waals surface area contributed by atoms with Gasteiger partial charge in [0, 0.05) is 30.7 Å². The molecule has 2 bridgehead atoms. The topological polar surface area (TPSA) is 71.5 Å². The van der Waals surface area contributed by atoms with Gasteiger partial charge < -0.3 is 10.1 Å². The predicted molar refractivity (Wildman–Crippen MR) is 114 cm³/mol. The van der Waals surface area contributed by atoms with Crippen LogP contribution in [0, 0.1) is 5.92 Å². The van der Waals surface area contributed by atoms with E-state index >= 15 is 0 Å². The smallest absolute Gasteiger partial charge is 0.325 e. The number of hydrogen-bond acceptors (Lipinski definition) is 5. The van der Waals surface area contributed by atoms with Crippen LogP contribution in [0.4, 0.5) is 0 Å². The largest absolute Gasteiger partial charge is 0.465 e. The van der Waals surface area contributed by atoms with Crippen LogP contribution in [0.2, 0.25) is 5.15 Å². The Hall–Kier alpha value is -2.44. The van der Waals surface area contributed by atoms with Crippen LogP contribution in [0.15, 0.2) is 48.7 Å². The summed E-state index contributed by atoms with van der Waals surface area (Å²) in [4.78, 5) is 31.6. The van der Waals surface area contributed by atoms with Crippen molar-refractivity contribution in [2.45, 2.75) is 44.3 Å². The fraction of sp³-hybridized carbons (Fsp3) is 0.435. The third-order valence-corrected chi connectivity index (χ3v) is 6.41. The molecule has 1 aromatic carbocycles. The van der Waals surface area contributed by atoms with Gasteiger partial charge in [0.25, 0.3) is 0 Å². The Morgan fingerprint density at radius 3 is 2.63 bits per heavy atom. The lowest BCUT2D eigenvalue weighted by Gasteiger charge is -2.28. The van der Waals surface area contributed by atoms with Gasteiger partial charge in [-0.15, -0.1) is 0 Å². The molecule has 2 aliphatic rings. The van der Waals surface area contributed by atoms with E-state index in [1.54, 1.807) is 19.2 Å². The van der Waals surface area contributed by atoms with Crippen molar-refractivity contribution in [3.63, 3.8) is 0 Å². The molecule has 1 amide bonds. The monoisotopic (exact) mass is 427 g/mol. The lowest BCUT2D eigenvalue weighted by Crippen LogP contribution is -2.42. The molecule has 2 saturated heterocycles. The van der Waals surface area contributed by atoms with Gasteiger partial charge in [0.05, 0.1) is 12.5 Å². The molecule has 6 nitrogen and oxygen atoms in total. The Balaban J connectivity index is 1.59. The van der Waals surface area contributed by atoms with E-state index in [1.807, 2.05) is 24.3 Å². The molecule has 0 unspecified atom stereocenters. The maximum atomic E-state index is 13.2. The first kappa shape index (κ1) is 20.8. The zero-order chi connectivity index (χ0) is 21.1. The molecular weight excluding hydrogens is 402 g/mol. The molecule has 158 valence electrons. The summed E-state index contributed by atoms with van der Waals surface area (Å²) < 4.78 is 4.95. The van der Waals surface area contributed by atoms with Crippen LogP contribution in [-0.2, 0) is 20.9 Å². The minimum Gasteiger partial charge on any atom is -0.465 e. The first-order valence-corrected chi connectivity index (χ1v) is 10.8. The number of benzene rings is 1. The summed E-state index contributed by atoms with van der Waals surface area (Å²) in [6.07, 6.45) is 3.78. The number of nitrogens with zero attached hydrogens (tertiary/aromatic N) is 2. The van der Waals surface area contributed by atoms with E-state index in [-0.39, 0.29) is 36.4 Å². The maximum Gasteiger partial charge on any atom is 0.325 e. The number of nitrogens with one attached hydrogen (secondary N) is 1. The molecular formula is C23H26ClN3O3. The van der Waals surface area contributed by atoms with Crippen LogP contribution >= 0.6 is 11.6 Å². The molecule has 7 heteroatoms. The first-order chi connectivity index (χ1) is 14.6. The summed E-state index contributed by atoms with van der Waals surface area (Å²) in [6.45, 7) is 2.74. The van der Waals surface area contributed by atoms with Crippen molar-refractivity contribution in [2.24, 2.45) is 5.92 Å². The lowest BCUT2D eigenvalue weighted by molar-refractivity contribution is -0.144. The number of hydrogen-bond donors (Lipinski definition) is 1. The molecule has 0 radical (unpaired) electrons. The number of fused-ring (bicyclic) bond motifs is 2. The number of amides is 1. The number of rotatable bonds is 7. The quantitative estimate of drug-likeness (QED) is 0.543. The van der Waals surface area contributed by atoms with Gasteiger partial charge in [-0.1, -0.05) is 48.0 Å². The highest BCUT2D eigenvalue weighted by Gasteiger charge is 2.56. The summed E-state index contributed by atoms with van der Waals surface area (Å²) in [5, 5.41) is 3.24. The number of halogens is 1. The normalized spacial score (nSPS) is 25.3. The highest BCUT2D eigenvalue weighted by atomic mass is 35.5. The highest BCUT2D eigenvalue weighted by molar-refractivity contribution is 6.29. The van der Waals surface area contributed by atoms with E-state index in [0.29, 0.717) is 11.8 Å². The summed E-state index contributed by atoms with van der Waals surface area (Å²) >= 11 is 5.99. The second-order valence-corrected chi connectivity index (χ2v) is 8.25. The van der Waals surface area contributed by atoms with Crippen molar-refractivity contribution >= 4 is 23.5 Å². The Bertz CT molecular complexity index is 890. The number of pyridine rings is 1. The van der Waals surface area contributed by atoms with Crippen LogP contribution in [0.1, 0.15) is 36.8 Å². The van der Waals surface area contributed by atoms with Gasteiger partial charge in [0.1, 0.15) is 11.7 Å². The minimum atomic E-state index is -0.417. The van der Waals surface area contributed by atoms with Gasteiger partial charge in [-0.3, -0.25) is 14.5 Å². The van der Waals surface area contributed by atoms with Gasteiger partial charge in [0.15, 0.2) is 0 Å². The number of esters is 1. The van der Waals surface area contributed by atoms with E-state index in [2.05, 4.69) is 27.3 Å². The molecule has 3 heterocycles. The number of carbonyl (C=O) groups excluding carboxylic acids is 2. The molecule has 1 aromatic heterocycles. The summed E-state index contributed by atoms with van der Waals surface area (Å²) in [5.74, 6) is -0.752. The molecule has 2 fully saturated rings. The molecule has 4 atom stereocenters. The second kappa shape index (κ2) is 9.14. The molecule has 30 heavy (non-hydrogen) atoms. The minimum absolute atomic E-state index is 0.0134. The number of aromatic nitrogens is 1. The molecule has 0 spiro atoms. The van der Waals surface area contributed by atoms with Gasteiger partial charge in [-0.05, 0) is 37.0 Å². The maximum absolute atomic E-state index is 13.2. The van der Waals surface area contributed by atoms with Crippen molar-refractivity contribution in [1.82, 2.24) is 15.2 Å². The van der Waals surface area contributed by atoms with E-state index in [1.165, 1.54) is 5.56 Å². The Morgan fingerprint density at radius 2 is 1.93 bits per heavy atom. The Morgan fingerprint density at radius 1 is 1.17 bits per heavy atom. The molecule has 0 saturated carbocycles. The SMILES string of the molecule is CCOC(=O)CNC(=O)[C@H]1[C@H](c2ccc(Cl)nc2)[C@H]2CC[C@@H]1N2Cc1ccccc1. The Kier molecular flexibility index (Phi) is 6.35. The highest BCUT2D eigenvalue weighted by Crippen LogP contribution is 2.51. The summed E-state index contributed by atoms with van der Waals surface area (Å²) in [6, 6.07) is 14.4. The van der Waals surface area contributed by atoms with E-state index in [9.17, 15) is 9.59 Å². The summed E-state index contributed by atoms with van der Waals surface area (Å²) in [7, 11) is 0. The zero-order valence-corrected chi connectivity index (χ0v) is 17.7. The molecule has 4 rings (SSSR count). The van der Waals surface area contributed by atoms with Crippen molar-refractivity contribution in [3.05, 3.63) is 64.9 Å². The van der Waals surface area contributed by atoms with Crippen molar-refractivity contribution < 1.29 is 14.3 Å². The molecule has 1 N–H and O–H groups in total. The Labute approximate surface area is 181 Å². The second-order valence-electron chi connectivity index (χ2n) is 7.86.